The lowest BCUT2D eigenvalue weighted by Gasteiger charge is -2.21. The molecule has 2 N–H and O–H groups in total. The van der Waals surface area contributed by atoms with E-state index in [-0.39, 0.29) is 18.8 Å². The van der Waals surface area contributed by atoms with Gasteiger partial charge in [-0.2, -0.15) is 0 Å². The van der Waals surface area contributed by atoms with Gasteiger partial charge >= 0.3 is 0 Å². The lowest BCUT2D eigenvalue weighted by Crippen LogP contribution is -2.28. The number of hydrogen-bond donors (Lipinski definition) is 2. The van der Waals surface area contributed by atoms with Crippen molar-refractivity contribution in [2.75, 3.05) is 29.9 Å². The first kappa shape index (κ1) is 20.9. The Balaban J connectivity index is 1.44. The van der Waals surface area contributed by atoms with E-state index in [2.05, 4.69) is 25.3 Å². The molecule has 0 spiro atoms. The van der Waals surface area contributed by atoms with Crippen LogP contribution in [0, 0.1) is 13.5 Å². The van der Waals surface area contributed by atoms with Gasteiger partial charge in [0.25, 0.3) is 0 Å². The number of nitrogens with zero attached hydrogens (tertiary/aromatic N) is 4. The standard InChI is InChI=1S/C23H22ClN5O3/c1-13-3-4-14(7-18(13)24)9-26-22-17-8-15(25-2)5-6-16(17)23(28-27-22)29-10-19-20(11-29)32-21(12-30)31-19/h3-8,19-21,30H,9-12H2,1H3,(H,26,27). The summed E-state index contributed by atoms with van der Waals surface area (Å²) in [6.45, 7) is 11.0. The van der Waals surface area contributed by atoms with E-state index in [4.69, 9.17) is 27.6 Å². The maximum absolute atomic E-state index is 9.26. The van der Waals surface area contributed by atoms with E-state index in [1.165, 1.54) is 0 Å². The smallest absolute Gasteiger partial charge is 0.188 e. The highest BCUT2D eigenvalue weighted by molar-refractivity contribution is 6.31. The van der Waals surface area contributed by atoms with Crippen LogP contribution in [-0.4, -0.2) is 53.5 Å². The van der Waals surface area contributed by atoms with Crippen LogP contribution in [0.3, 0.4) is 0 Å². The molecule has 0 amide bonds. The fraction of sp³-hybridized carbons (Fsp3) is 0.348. The minimum atomic E-state index is -0.557. The number of anilines is 2. The minimum absolute atomic E-state index is 0.115. The predicted molar refractivity (Wildman–Crippen MR) is 122 cm³/mol. The van der Waals surface area contributed by atoms with Gasteiger partial charge in [-0.25, -0.2) is 4.85 Å². The Hall–Kier alpha value is -2.96. The number of aryl methyl sites for hydroxylation is 1. The average Bonchev–Trinajstić information content (AvgIpc) is 3.38. The average molecular weight is 452 g/mol. The Morgan fingerprint density at radius 2 is 1.94 bits per heavy atom. The summed E-state index contributed by atoms with van der Waals surface area (Å²) in [5, 5.41) is 24.0. The van der Waals surface area contributed by atoms with Gasteiger partial charge in [-0.15, -0.1) is 10.2 Å². The van der Waals surface area contributed by atoms with Crippen molar-refractivity contribution in [2.45, 2.75) is 32.0 Å². The summed E-state index contributed by atoms with van der Waals surface area (Å²) in [4.78, 5) is 5.65. The molecule has 8 nitrogen and oxygen atoms in total. The topological polar surface area (TPSA) is 84.1 Å². The number of halogens is 1. The van der Waals surface area contributed by atoms with Crippen LogP contribution in [0.4, 0.5) is 17.3 Å². The maximum Gasteiger partial charge on any atom is 0.188 e. The molecule has 2 aromatic carbocycles. The van der Waals surface area contributed by atoms with Gasteiger partial charge in [0.1, 0.15) is 12.2 Å². The molecule has 0 radical (unpaired) electrons. The summed E-state index contributed by atoms with van der Waals surface area (Å²) in [5.41, 5.74) is 2.59. The van der Waals surface area contributed by atoms with Crippen LogP contribution in [0.25, 0.3) is 15.6 Å². The summed E-state index contributed by atoms with van der Waals surface area (Å²) in [7, 11) is 0. The molecule has 9 heteroatoms. The fourth-order valence-corrected chi connectivity index (χ4v) is 4.38. The third-order valence-electron chi connectivity index (χ3n) is 5.89. The van der Waals surface area contributed by atoms with Crippen LogP contribution < -0.4 is 10.2 Å². The van der Waals surface area contributed by atoms with E-state index in [0.29, 0.717) is 31.1 Å². The third-order valence-corrected chi connectivity index (χ3v) is 6.29. The molecule has 2 aliphatic rings. The highest BCUT2D eigenvalue weighted by Gasteiger charge is 2.43. The second kappa shape index (κ2) is 8.52. The number of ether oxygens (including phenoxy) is 2. The highest BCUT2D eigenvalue weighted by atomic mass is 35.5. The Morgan fingerprint density at radius 3 is 2.62 bits per heavy atom. The van der Waals surface area contributed by atoms with Gasteiger partial charge in [-0.1, -0.05) is 35.9 Å². The van der Waals surface area contributed by atoms with Gasteiger partial charge in [0, 0.05) is 35.4 Å². The molecule has 3 heterocycles. The Morgan fingerprint density at radius 1 is 1.16 bits per heavy atom. The quantitative estimate of drug-likeness (QED) is 0.572. The molecule has 3 aromatic rings. The highest BCUT2D eigenvalue weighted by Crippen LogP contribution is 2.36. The van der Waals surface area contributed by atoms with Crippen molar-refractivity contribution < 1.29 is 14.6 Å². The van der Waals surface area contributed by atoms with Crippen LogP contribution in [0.2, 0.25) is 5.02 Å². The molecule has 2 fully saturated rings. The molecule has 5 rings (SSSR count). The lowest BCUT2D eigenvalue weighted by molar-refractivity contribution is -0.0967. The first-order chi connectivity index (χ1) is 15.6. The molecule has 2 atom stereocenters. The van der Waals surface area contributed by atoms with Crippen molar-refractivity contribution in [2.24, 2.45) is 0 Å². The zero-order valence-corrected chi connectivity index (χ0v) is 18.2. The van der Waals surface area contributed by atoms with Crippen LogP contribution in [-0.2, 0) is 16.0 Å². The number of aliphatic hydroxyl groups excluding tert-OH is 1. The number of rotatable bonds is 5. The molecule has 164 valence electrons. The second-order valence-electron chi connectivity index (χ2n) is 8.02. The third kappa shape index (κ3) is 3.85. The van der Waals surface area contributed by atoms with E-state index in [9.17, 15) is 5.11 Å². The molecule has 0 aliphatic carbocycles. The van der Waals surface area contributed by atoms with Crippen molar-refractivity contribution in [3.8, 4) is 0 Å². The Kier molecular flexibility index (Phi) is 5.57. The molecule has 2 aliphatic heterocycles. The molecule has 1 aromatic heterocycles. The number of aromatic nitrogens is 2. The summed E-state index contributed by atoms with van der Waals surface area (Å²) in [6.07, 6.45) is -0.788. The SMILES string of the molecule is [C-]#[N+]c1ccc2c(N3CC4OC(CO)OC4C3)nnc(NCc3ccc(C)c(Cl)c3)c2c1. The van der Waals surface area contributed by atoms with Gasteiger partial charge in [0.2, 0.25) is 0 Å². The van der Waals surface area contributed by atoms with Crippen molar-refractivity contribution in [1.29, 1.82) is 0 Å². The van der Waals surface area contributed by atoms with Gasteiger partial charge < -0.3 is 24.8 Å². The van der Waals surface area contributed by atoms with Crippen LogP contribution >= 0.6 is 11.6 Å². The monoisotopic (exact) mass is 451 g/mol. The van der Waals surface area contributed by atoms with E-state index >= 15 is 0 Å². The fourth-order valence-electron chi connectivity index (χ4n) is 4.18. The van der Waals surface area contributed by atoms with E-state index in [0.717, 1.165) is 32.7 Å². The number of benzene rings is 2. The number of fused-ring (bicyclic) bond motifs is 2. The molecular weight excluding hydrogens is 430 g/mol. The predicted octanol–water partition coefficient (Wildman–Crippen LogP) is 3.68. The number of aliphatic hydroxyl groups is 1. The Bertz CT molecular complexity index is 1200. The van der Waals surface area contributed by atoms with Gasteiger partial charge in [-0.3, -0.25) is 0 Å². The molecule has 32 heavy (non-hydrogen) atoms. The summed E-state index contributed by atoms with van der Waals surface area (Å²) >= 11 is 6.25. The molecular formula is C23H22ClN5O3. The summed E-state index contributed by atoms with van der Waals surface area (Å²) < 4.78 is 11.5. The van der Waals surface area contributed by atoms with Crippen molar-refractivity contribution in [3.05, 3.63) is 64.0 Å². The molecule has 2 unspecified atom stereocenters. The van der Waals surface area contributed by atoms with E-state index < -0.39 is 6.29 Å². The maximum atomic E-state index is 9.26. The van der Waals surface area contributed by atoms with Crippen LogP contribution in [0.15, 0.2) is 36.4 Å². The van der Waals surface area contributed by atoms with Crippen molar-refractivity contribution >= 4 is 39.7 Å². The van der Waals surface area contributed by atoms with Gasteiger partial charge in [0.05, 0.1) is 13.2 Å². The first-order valence-corrected chi connectivity index (χ1v) is 10.8. The van der Waals surface area contributed by atoms with E-state index in [1.54, 1.807) is 6.07 Å². The van der Waals surface area contributed by atoms with E-state index in [1.807, 2.05) is 37.3 Å². The zero-order valence-electron chi connectivity index (χ0n) is 17.5. The second-order valence-corrected chi connectivity index (χ2v) is 8.42. The number of nitrogens with one attached hydrogen (secondary N) is 1. The van der Waals surface area contributed by atoms with Gasteiger partial charge in [-0.05, 0) is 30.2 Å². The lowest BCUT2D eigenvalue weighted by atomic mass is 10.1. The summed E-state index contributed by atoms with van der Waals surface area (Å²) in [5.74, 6) is 1.33. The number of hydrogen-bond acceptors (Lipinski definition) is 7. The first-order valence-electron chi connectivity index (χ1n) is 10.4. The van der Waals surface area contributed by atoms with Crippen LogP contribution in [0.1, 0.15) is 11.1 Å². The van der Waals surface area contributed by atoms with Crippen molar-refractivity contribution in [1.82, 2.24) is 10.2 Å². The normalized spacial score (nSPS) is 22.2. The Labute approximate surface area is 190 Å². The minimum Gasteiger partial charge on any atom is -0.391 e. The zero-order chi connectivity index (χ0) is 22.2. The largest absolute Gasteiger partial charge is 0.391 e. The molecule has 0 saturated carbocycles. The van der Waals surface area contributed by atoms with Crippen LogP contribution in [0.5, 0.6) is 0 Å². The molecule has 0 bridgehead atoms. The van der Waals surface area contributed by atoms with Gasteiger partial charge in [0.15, 0.2) is 23.6 Å². The molecule has 2 saturated heterocycles. The van der Waals surface area contributed by atoms with Crippen molar-refractivity contribution in [3.63, 3.8) is 0 Å². The summed E-state index contributed by atoms with van der Waals surface area (Å²) in [6, 6.07) is 11.5.